The number of esters is 1. The molecule has 0 amide bonds. The Morgan fingerprint density at radius 3 is 2.12 bits per heavy atom. The van der Waals surface area contributed by atoms with Gasteiger partial charge in [0.05, 0.1) is 24.9 Å². The van der Waals surface area contributed by atoms with Gasteiger partial charge >= 0.3 is 17.9 Å². The molecule has 96 valence electrons. The van der Waals surface area contributed by atoms with Crippen LogP contribution in [0.25, 0.3) is 0 Å². The number of carboxylic acid groups (broad SMARTS) is 2. The van der Waals surface area contributed by atoms with E-state index in [2.05, 4.69) is 20.7 Å². The Bertz CT molecular complexity index is 342. The number of rotatable bonds is 4. The van der Waals surface area contributed by atoms with Crippen LogP contribution in [0.5, 0.6) is 0 Å². The molecule has 1 saturated carbocycles. The fourth-order valence-electron chi connectivity index (χ4n) is 2.36. The summed E-state index contributed by atoms with van der Waals surface area (Å²) >= 11 is 3.14. The van der Waals surface area contributed by atoms with Gasteiger partial charge < -0.3 is 14.9 Å². The summed E-state index contributed by atoms with van der Waals surface area (Å²) in [4.78, 5) is 33.6. The van der Waals surface area contributed by atoms with Gasteiger partial charge in [0, 0.05) is 5.33 Å². The number of aliphatic carboxylic acids is 2. The summed E-state index contributed by atoms with van der Waals surface area (Å²) in [7, 11) is 1.17. The normalized spacial score (nSPS) is 32.1. The van der Waals surface area contributed by atoms with Crippen molar-refractivity contribution in [2.24, 2.45) is 23.7 Å². The Morgan fingerprint density at radius 2 is 1.76 bits per heavy atom. The molecule has 0 radical (unpaired) electrons. The number of alkyl halides is 1. The molecule has 4 atom stereocenters. The second-order valence-electron chi connectivity index (χ2n) is 3.99. The van der Waals surface area contributed by atoms with Gasteiger partial charge in [-0.25, -0.2) is 0 Å². The van der Waals surface area contributed by atoms with Crippen molar-refractivity contribution >= 4 is 33.8 Å². The van der Waals surface area contributed by atoms with Crippen molar-refractivity contribution < 1.29 is 29.3 Å². The number of carbonyl (C=O) groups is 3. The van der Waals surface area contributed by atoms with Crippen LogP contribution < -0.4 is 0 Å². The summed E-state index contributed by atoms with van der Waals surface area (Å²) in [5.41, 5.74) is 0. The van der Waals surface area contributed by atoms with Crippen molar-refractivity contribution in [3.05, 3.63) is 0 Å². The van der Waals surface area contributed by atoms with Crippen molar-refractivity contribution in [2.75, 3.05) is 12.4 Å². The maximum atomic E-state index is 11.6. The Morgan fingerprint density at radius 1 is 1.24 bits per heavy atom. The first kappa shape index (κ1) is 14.0. The molecule has 2 N–H and O–H groups in total. The van der Waals surface area contributed by atoms with Gasteiger partial charge in [-0.3, -0.25) is 14.4 Å². The number of hydrogen-bond donors (Lipinski definition) is 2. The first-order valence-electron chi connectivity index (χ1n) is 5.03. The molecule has 1 aliphatic rings. The summed E-state index contributed by atoms with van der Waals surface area (Å²) in [5.74, 6) is -6.18. The fraction of sp³-hybridized carbons (Fsp3) is 0.700. The lowest BCUT2D eigenvalue weighted by Gasteiger charge is -2.19. The van der Waals surface area contributed by atoms with Crippen LogP contribution in [0.4, 0.5) is 0 Å². The van der Waals surface area contributed by atoms with Crippen molar-refractivity contribution in [1.29, 1.82) is 0 Å². The minimum absolute atomic E-state index is 0.0410. The third kappa shape index (κ3) is 2.59. The molecule has 0 aromatic rings. The predicted molar refractivity (Wildman–Crippen MR) is 59.7 cm³/mol. The van der Waals surface area contributed by atoms with Gasteiger partial charge in [0.1, 0.15) is 0 Å². The zero-order valence-electron chi connectivity index (χ0n) is 9.13. The van der Waals surface area contributed by atoms with Gasteiger partial charge in [0.15, 0.2) is 0 Å². The highest BCUT2D eigenvalue weighted by Crippen LogP contribution is 2.43. The standard InChI is InChI=1S/C10H13BrO6/c1-17-10(16)7-5(9(14)15)2-4(8(12)13)6(7)3-11/h4-7H,2-3H2,1H3,(H,12,13)(H,14,15). The van der Waals surface area contributed by atoms with Crippen LogP contribution in [-0.4, -0.2) is 40.6 Å². The van der Waals surface area contributed by atoms with E-state index in [4.69, 9.17) is 10.2 Å². The minimum atomic E-state index is -1.16. The summed E-state index contributed by atoms with van der Waals surface area (Å²) in [6.45, 7) is 0. The molecule has 0 bridgehead atoms. The van der Waals surface area contributed by atoms with Crippen LogP contribution in [0, 0.1) is 23.7 Å². The summed E-state index contributed by atoms with van der Waals surface area (Å²) < 4.78 is 4.56. The van der Waals surface area contributed by atoms with Crippen LogP contribution in [0.15, 0.2) is 0 Å². The van der Waals surface area contributed by atoms with E-state index in [1.54, 1.807) is 0 Å². The average molecular weight is 309 g/mol. The van der Waals surface area contributed by atoms with Gasteiger partial charge in [-0.15, -0.1) is 0 Å². The van der Waals surface area contributed by atoms with E-state index in [-0.39, 0.29) is 11.8 Å². The van der Waals surface area contributed by atoms with E-state index < -0.39 is 41.6 Å². The number of carbonyl (C=O) groups excluding carboxylic acids is 1. The number of carboxylic acids is 2. The van der Waals surface area contributed by atoms with Gasteiger partial charge in [0.2, 0.25) is 0 Å². The molecular weight excluding hydrogens is 296 g/mol. The topological polar surface area (TPSA) is 101 Å². The largest absolute Gasteiger partial charge is 0.481 e. The van der Waals surface area contributed by atoms with Gasteiger partial charge in [0.25, 0.3) is 0 Å². The lowest BCUT2D eigenvalue weighted by atomic mass is 9.88. The zero-order chi connectivity index (χ0) is 13.2. The van der Waals surface area contributed by atoms with E-state index in [0.717, 1.165) is 0 Å². The number of halogens is 1. The maximum absolute atomic E-state index is 11.6. The smallest absolute Gasteiger partial charge is 0.309 e. The van der Waals surface area contributed by atoms with E-state index in [1.807, 2.05) is 0 Å². The third-order valence-electron chi connectivity index (χ3n) is 3.21. The number of ether oxygens (including phenoxy) is 1. The summed E-state index contributed by atoms with van der Waals surface area (Å²) in [6.07, 6.45) is -0.0410. The van der Waals surface area contributed by atoms with E-state index >= 15 is 0 Å². The first-order valence-corrected chi connectivity index (χ1v) is 6.15. The molecule has 0 aromatic carbocycles. The van der Waals surface area contributed by atoms with Crippen molar-refractivity contribution in [3.63, 3.8) is 0 Å². The highest BCUT2D eigenvalue weighted by Gasteiger charge is 2.52. The molecule has 0 spiro atoms. The lowest BCUT2D eigenvalue weighted by Crippen LogP contribution is -2.32. The highest BCUT2D eigenvalue weighted by molar-refractivity contribution is 9.09. The number of hydrogen-bond acceptors (Lipinski definition) is 4. The Labute approximate surface area is 106 Å². The molecule has 1 aliphatic carbocycles. The molecule has 1 fully saturated rings. The molecule has 0 aliphatic heterocycles. The molecular formula is C10H13BrO6. The van der Waals surface area contributed by atoms with E-state index in [0.29, 0.717) is 0 Å². The van der Waals surface area contributed by atoms with Gasteiger partial charge in [-0.2, -0.15) is 0 Å². The third-order valence-corrected chi connectivity index (χ3v) is 3.95. The van der Waals surface area contributed by atoms with Crippen molar-refractivity contribution in [2.45, 2.75) is 6.42 Å². The SMILES string of the molecule is COC(=O)C1C(C(=O)O)CC(C(=O)O)C1CBr. The summed E-state index contributed by atoms with van der Waals surface area (Å²) in [5, 5.41) is 18.3. The Hall–Kier alpha value is -1.11. The van der Waals surface area contributed by atoms with E-state index in [9.17, 15) is 14.4 Å². The predicted octanol–water partition coefficient (Wildman–Crippen LogP) is 0.592. The fourth-order valence-corrected chi connectivity index (χ4v) is 3.21. The Balaban J connectivity index is 3.05. The van der Waals surface area contributed by atoms with Crippen LogP contribution in [-0.2, 0) is 19.1 Å². The quantitative estimate of drug-likeness (QED) is 0.582. The molecule has 17 heavy (non-hydrogen) atoms. The van der Waals surface area contributed by atoms with Crippen LogP contribution in [0.3, 0.4) is 0 Å². The molecule has 0 saturated heterocycles. The molecule has 6 nitrogen and oxygen atoms in total. The van der Waals surface area contributed by atoms with Crippen molar-refractivity contribution in [3.8, 4) is 0 Å². The molecule has 1 rings (SSSR count). The zero-order valence-corrected chi connectivity index (χ0v) is 10.7. The minimum Gasteiger partial charge on any atom is -0.481 e. The molecule has 4 unspecified atom stereocenters. The second kappa shape index (κ2) is 5.48. The van der Waals surface area contributed by atoms with E-state index in [1.165, 1.54) is 7.11 Å². The molecule has 7 heteroatoms. The highest BCUT2D eigenvalue weighted by atomic mass is 79.9. The van der Waals surface area contributed by atoms with Crippen molar-refractivity contribution in [1.82, 2.24) is 0 Å². The maximum Gasteiger partial charge on any atom is 0.309 e. The molecule has 0 heterocycles. The average Bonchev–Trinajstić information content (AvgIpc) is 2.67. The van der Waals surface area contributed by atoms with Gasteiger partial charge in [-0.05, 0) is 12.3 Å². The van der Waals surface area contributed by atoms with Crippen LogP contribution >= 0.6 is 15.9 Å². The summed E-state index contributed by atoms with van der Waals surface area (Å²) in [6, 6.07) is 0. The lowest BCUT2D eigenvalue weighted by molar-refractivity contribution is -0.155. The van der Waals surface area contributed by atoms with Crippen LogP contribution in [0.1, 0.15) is 6.42 Å². The second-order valence-corrected chi connectivity index (χ2v) is 4.64. The number of methoxy groups -OCH3 is 1. The van der Waals surface area contributed by atoms with Gasteiger partial charge in [-0.1, -0.05) is 15.9 Å². The van der Waals surface area contributed by atoms with Crippen LogP contribution in [0.2, 0.25) is 0 Å². The molecule has 0 aromatic heterocycles. The Kier molecular flexibility index (Phi) is 4.50. The monoisotopic (exact) mass is 308 g/mol. The first-order chi connectivity index (χ1) is 7.93.